The van der Waals surface area contributed by atoms with E-state index in [0.717, 1.165) is 5.69 Å². The first-order chi connectivity index (χ1) is 26.6. The normalized spacial score (nSPS) is 10.8. The van der Waals surface area contributed by atoms with Crippen molar-refractivity contribution >= 4 is 56.2 Å². The quantitative estimate of drug-likeness (QED) is 0.0570. The van der Waals surface area contributed by atoms with Gasteiger partial charge in [0.25, 0.3) is 0 Å². The van der Waals surface area contributed by atoms with Crippen molar-refractivity contribution in [3.8, 4) is 34.6 Å². The topological polar surface area (TPSA) is 166 Å². The molecule has 14 nitrogen and oxygen atoms in total. The molecule has 0 atom stereocenters. The molecule has 0 saturated heterocycles. The Morgan fingerprint density at radius 1 is 0.709 bits per heavy atom. The molecule has 0 aliphatic heterocycles. The Kier molecular flexibility index (Phi) is 14.2. The standard InChI is InChI=1S/C24H24FN3O5.C15H17ClN2O4/c1-4-31-22(29)6-5-9-32-21-12-18-16(11-20(21)30-3)24(27-13-26-18)33-19-8-7-17-15(23(19)25)10-14(2)28-17;1-3-21-14(19)5-4-6-22-13-8-11-10(7-12(13)20-2)15(16)18-9-17-11/h7-8,10-13,28H,4-6,9H2,1-3H3;7-9H,3-6H2,1-2H3. The second-order valence-corrected chi connectivity index (χ2v) is 12.1. The van der Waals surface area contributed by atoms with E-state index in [9.17, 15) is 14.0 Å². The van der Waals surface area contributed by atoms with Crippen molar-refractivity contribution in [2.45, 2.75) is 46.5 Å². The van der Waals surface area contributed by atoms with Gasteiger partial charge in [-0.1, -0.05) is 11.6 Å². The lowest BCUT2D eigenvalue weighted by Gasteiger charge is -2.13. The van der Waals surface area contributed by atoms with Crippen LogP contribution in [-0.2, 0) is 19.1 Å². The lowest BCUT2D eigenvalue weighted by Crippen LogP contribution is -2.07. The summed E-state index contributed by atoms with van der Waals surface area (Å²) < 4.78 is 52.8. The highest BCUT2D eigenvalue weighted by atomic mass is 35.5. The maximum Gasteiger partial charge on any atom is 0.305 e. The molecule has 6 rings (SSSR count). The lowest BCUT2D eigenvalue weighted by atomic mass is 10.2. The van der Waals surface area contributed by atoms with Crippen LogP contribution in [0.2, 0.25) is 5.15 Å². The molecular formula is C39H41ClFN5O9. The number of nitrogens with one attached hydrogen (secondary N) is 1. The van der Waals surface area contributed by atoms with Gasteiger partial charge in [0.15, 0.2) is 34.6 Å². The van der Waals surface area contributed by atoms with Gasteiger partial charge in [-0.25, -0.2) is 24.3 Å². The van der Waals surface area contributed by atoms with Crippen LogP contribution in [0, 0.1) is 12.7 Å². The Morgan fingerprint density at radius 2 is 1.27 bits per heavy atom. The predicted octanol–water partition coefficient (Wildman–Crippen LogP) is 8.10. The van der Waals surface area contributed by atoms with E-state index in [4.69, 9.17) is 44.8 Å². The summed E-state index contributed by atoms with van der Waals surface area (Å²) in [4.78, 5) is 42.4. The molecule has 290 valence electrons. The molecule has 16 heteroatoms. The molecular weight excluding hydrogens is 737 g/mol. The van der Waals surface area contributed by atoms with Gasteiger partial charge < -0.3 is 38.1 Å². The number of rotatable bonds is 16. The van der Waals surface area contributed by atoms with Gasteiger partial charge in [0.2, 0.25) is 5.88 Å². The van der Waals surface area contributed by atoms with E-state index >= 15 is 0 Å². The third-order valence-corrected chi connectivity index (χ3v) is 8.28. The number of carbonyl (C=O) groups is 2. The van der Waals surface area contributed by atoms with E-state index in [-0.39, 0.29) is 30.0 Å². The smallest absolute Gasteiger partial charge is 0.305 e. The number of fused-ring (bicyclic) bond motifs is 3. The minimum atomic E-state index is -0.475. The zero-order valence-corrected chi connectivity index (χ0v) is 31.8. The molecule has 0 aliphatic carbocycles. The van der Waals surface area contributed by atoms with Crippen LogP contribution in [0.1, 0.15) is 45.2 Å². The van der Waals surface area contributed by atoms with Crippen LogP contribution >= 0.6 is 11.6 Å². The number of aryl methyl sites for hydroxylation is 1. The monoisotopic (exact) mass is 777 g/mol. The summed E-state index contributed by atoms with van der Waals surface area (Å²) in [6.07, 6.45) is 4.37. The lowest BCUT2D eigenvalue weighted by molar-refractivity contribution is -0.144. The number of benzene rings is 3. The maximum atomic E-state index is 15.0. The summed E-state index contributed by atoms with van der Waals surface area (Å²) in [5, 5.41) is 2.04. The molecule has 0 spiro atoms. The van der Waals surface area contributed by atoms with Crippen LogP contribution in [0.3, 0.4) is 0 Å². The molecule has 1 N–H and O–H groups in total. The fourth-order valence-corrected chi connectivity index (χ4v) is 5.63. The third-order valence-electron chi connectivity index (χ3n) is 7.98. The maximum absolute atomic E-state index is 15.0. The number of aromatic nitrogens is 5. The summed E-state index contributed by atoms with van der Waals surface area (Å²) in [6.45, 7) is 6.82. The van der Waals surface area contributed by atoms with Crippen LogP contribution in [0.5, 0.6) is 34.6 Å². The fraction of sp³-hybridized carbons (Fsp3) is 0.333. The second kappa shape index (κ2) is 19.4. The molecule has 0 saturated carbocycles. The third kappa shape index (κ3) is 10.4. The summed E-state index contributed by atoms with van der Waals surface area (Å²) in [5.74, 6) is 1.28. The minimum Gasteiger partial charge on any atom is -0.493 e. The Labute approximate surface area is 321 Å². The number of hydrogen-bond acceptors (Lipinski definition) is 13. The van der Waals surface area contributed by atoms with Gasteiger partial charge in [-0.15, -0.1) is 0 Å². The predicted molar refractivity (Wildman–Crippen MR) is 203 cm³/mol. The van der Waals surface area contributed by atoms with E-state index in [0.29, 0.717) is 107 Å². The van der Waals surface area contributed by atoms with Crippen molar-refractivity contribution < 1.29 is 47.1 Å². The first-order valence-corrected chi connectivity index (χ1v) is 17.9. The van der Waals surface area contributed by atoms with Gasteiger partial charge in [0, 0.05) is 47.0 Å². The van der Waals surface area contributed by atoms with E-state index in [2.05, 4.69) is 24.9 Å². The minimum absolute atomic E-state index is 0.0553. The first-order valence-electron chi connectivity index (χ1n) is 17.5. The van der Waals surface area contributed by atoms with Crippen molar-refractivity contribution in [2.75, 3.05) is 40.6 Å². The highest BCUT2D eigenvalue weighted by Gasteiger charge is 2.17. The average molecular weight is 778 g/mol. The number of halogens is 2. The van der Waals surface area contributed by atoms with E-state index in [1.165, 1.54) is 19.8 Å². The van der Waals surface area contributed by atoms with Crippen molar-refractivity contribution in [3.05, 3.63) is 71.8 Å². The number of nitrogens with zero attached hydrogens (tertiary/aromatic N) is 4. The molecule has 0 unspecified atom stereocenters. The molecule has 0 radical (unpaired) electrons. The van der Waals surface area contributed by atoms with Gasteiger partial charge >= 0.3 is 11.9 Å². The zero-order valence-electron chi connectivity index (χ0n) is 31.1. The summed E-state index contributed by atoms with van der Waals surface area (Å²) in [5.41, 5.74) is 2.76. The highest BCUT2D eigenvalue weighted by Crippen LogP contribution is 2.38. The second-order valence-electron chi connectivity index (χ2n) is 11.8. The van der Waals surface area contributed by atoms with Crippen LogP contribution in [-0.4, -0.2) is 77.5 Å². The molecule has 55 heavy (non-hydrogen) atoms. The molecule has 3 heterocycles. The number of esters is 2. The summed E-state index contributed by atoms with van der Waals surface area (Å²) >= 11 is 6.03. The molecule has 3 aromatic carbocycles. The van der Waals surface area contributed by atoms with Gasteiger partial charge in [0.1, 0.15) is 17.8 Å². The molecule has 0 amide bonds. The number of hydrogen-bond donors (Lipinski definition) is 1. The number of carbonyl (C=O) groups excluding carboxylic acids is 2. The van der Waals surface area contributed by atoms with Crippen molar-refractivity contribution in [2.24, 2.45) is 0 Å². The molecule has 3 aromatic heterocycles. The van der Waals surface area contributed by atoms with Gasteiger partial charge in [-0.05, 0) is 63.9 Å². The van der Waals surface area contributed by atoms with E-state index in [1.807, 2.05) is 6.92 Å². The zero-order chi connectivity index (χ0) is 39.3. The largest absolute Gasteiger partial charge is 0.493 e. The summed E-state index contributed by atoms with van der Waals surface area (Å²) in [7, 11) is 3.06. The molecule has 0 fully saturated rings. The molecule has 6 aromatic rings. The fourth-order valence-electron chi connectivity index (χ4n) is 5.43. The van der Waals surface area contributed by atoms with Gasteiger partial charge in [0.05, 0.1) is 57.1 Å². The number of aromatic amines is 1. The van der Waals surface area contributed by atoms with Gasteiger partial charge in [-0.3, -0.25) is 9.59 Å². The Hall–Kier alpha value is -5.96. The van der Waals surface area contributed by atoms with Crippen molar-refractivity contribution in [1.82, 2.24) is 24.9 Å². The van der Waals surface area contributed by atoms with E-state index < -0.39 is 5.82 Å². The Balaban J connectivity index is 0.000000229. The number of ether oxygens (including phenoxy) is 7. The Bertz CT molecular complexity index is 2270. The van der Waals surface area contributed by atoms with E-state index in [1.54, 1.807) is 63.4 Å². The highest BCUT2D eigenvalue weighted by molar-refractivity contribution is 6.34. The van der Waals surface area contributed by atoms with Crippen LogP contribution in [0.15, 0.2) is 55.1 Å². The molecule has 0 aliphatic rings. The van der Waals surface area contributed by atoms with Gasteiger partial charge in [-0.2, -0.15) is 0 Å². The summed E-state index contributed by atoms with van der Waals surface area (Å²) in [6, 6.07) is 11.9. The Morgan fingerprint density at radius 3 is 1.85 bits per heavy atom. The van der Waals surface area contributed by atoms with Crippen molar-refractivity contribution in [1.29, 1.82) is 0 Å². The van der Waals surface area contributed by atoms with Crippen LogP contribution in [0.25, 0.3) is 32.7 Å². The van der Waals surface area contributed by atoms with Crippen LogP contribution in [0.4, 0.5) is 4.39 Å². The SMILES string of the molecule is CCOC(=O)CCCOc1cc2ncnc(Cl)c2cc1OC.CCOC(=O)CCCOc1cc2ncnc(Oc3ccc4[nH]c(C)cc4c3F)c2cc1OC. The van der Waals surface area contributed by atoms with Crippen LogP contribution < -0.4 is 23.7 Å². The number of methoxy groups -OCH3 is 2. The number of H-pyrrole nitrogens is 1. The first kappa shape index (κ1) is 40.2. The van der Waals surface area contributed by atoms with Crippen molar-refractivity contribution in [3.63, 3.8) is 0 Å². The molecule has 0 bridgehead atoms. The average Bonchev–Trinajstić information content (AvgIpc) is 3.57.